The first kappa shape index (κ1) is 14.8. The van der Waals surface area contributed by atoms with Gasteiger partial charge in [0.15, 0.2) is 0 Å². The molecule has 20 heavy (non-hydrogen) atoms. The topological polar surface area (TPSA) is 40.5 Å². The standard InChI is InChI=1S/C17H23NO2/c1-17(2,16(19)20)11-15-9-6-10-18(13-15)12-14-7-4-3-5-8-14/h3-5,7-9H,6,10-13H2,1-2H3,(H,19,20). The summed E-state index contributed by atoms with van der Waals surface area (Å²) in [6.07, 6.45) is 3.86. The van der Waals surface area contributed by atoms with Crippen LogP contribution in [0.3, 0.4) is 0 Å². The Morgan fingerprint density at radius 3 is 2.65 bits per heavy atom. The zero-order valence-corrected chi connectivity index (χ0v) is 12.3. The average molecular weight is 273 g/mol. The van der Waals surface area contributed by atoms with Crippen LogP contribution in [0, 0.1) is 5.41 Å². The summed E-state index contributed by atoms with van der Waals surface area (Å²) in [7, 11) is 0. The fourth-order valence-electron chi connectivity index (χ4n) is 2.63. The minimum absolute atomic E-state index is 0.633. The number of carboxylic acid groups (broad SMARTS) is 1. The second kappa shape index (κ2) is 6.23. The molecule has 0 aliphatic carbocycles. The lowest BCUT2D eigenvalue weighted by atomic mass is 9.84. The molecular formula is C17H23NO2. The number of carbonyl (C=O) groups is 1. The normalized spacial score (nSPS) is 16.8. The summed E-state index contributed by atoms with van der Waals surface area (Å²) < 4.78 is 0. The van der Waals surface area contributed by atoms with Crippen LogP contribution >= 0.6 is 0 Å². The van der Waals surface area contributed by atoms with Gasteiger partial charge in [-0.3, -0.25) is 9.69 Å². The van der Waals surface area contributed by atoms with Crippen molar-refractivity contribution in [3.63, 3.8) is 0 Å². The van der Waals surface area contributed by atoms with E-state index in [0.29, 0.717) is 6.42 Å². The highest BCUT2D eigenvalue weighted by Gasteiger charge is 2.29. The molecule has 1 heterocycles. The summed E-state index contributed by atoms with van der Waals surface area (Å²) in [5, 5.41) is 9.23. The summed E-state index contributed by atoms with van der Waals surface area (Å²) in [6.45, 7) is 6.46. The van der Waals surface area contributed by atoms with Gasteiger partial charge in [0.25, 0.3) is 0 Å². The van der Waals surface area contributed by atoms with Crippen molar-refractivity contribution in [2.24, 2.45) is 5.41 Å². The Balaban J connectivity index is 1.95. The maximum absolute atomic E-state index is 11.2. The van der Waals surface area contributed by atoms with Crippen LogP contribution in [0.5, 0.6) is 0 Å². The quantitative estimate of drug-likeness (QED) is 0.837. The Morgan fingerprint density at radius 2 is 2.00 bits per heavy atom. The van der Waals surface area contributed by atoms with Crippen molar-refractivity contribution in [2.45, 2.75) is 33.2 Å². The Labute approximate surface area is 120 Å². The van der Waals surface area contributed by atoms with Crippen molar-refractivity contribution in [1.29, 1.82) is 0 Å². The lowest BCUT2D eigenvalue weighted by molar-refractivity contribution is -0.146. The van der Waals surface area contributed by atoms with Gasteiger partial charge in [-0.2, -0.15) is 0 Å². The van der Waals surface area contributed by atoms with Gasteiger partial charge in [-0.25, -0.2) is 0 Å². The van der Waals surface area contributed by atoms with E-state index in [-0.39, 0.29) is 0 Å². The van der Waals surface area contributed by atoms with E-state index in [2.05, 4.69) is 35.2 Å². The average Bonchev–Trinajstić information content (AvgIpc) is 2.39. The highest BCUT2D eigenvalue weighted by molar-refractivity contribution is 5.74. The van der Waals surface area contributed by atoms with Crippen LogP contribution < -0.4 is 0 Å². The largest absolute Gasteiger partial charge is 0.481 e. The predicted molar refractivity (Wildman–Crippen MR) is 80.5 cm³/mol. The lowest BCUT2D eigenvalue weighted by Crippen LogP contribution is -2.32. The van der Waals surface area contributed by atoms with Gasteiger partial charge in [-0.1, -0.05) is 42.0 Å². The SMILES string of the molecule is CC(C)(CC1=CCCN(Cc2ccccc2)C1)C(=O)O. The van der Waals surface area contributed by atoms with E-state index in [1.165, 1.54) is 11.1 Å². The van der Waals surface area contributed by atoms with E-state index in [1.54, 1.807) is 13.8 Å². The van der Waals surface area contributed by atoms with Crippen LogP contribution in [-0.2, 0) is 11.3 Å². The lowest BCUT2D eigenvalue weighted by Gasteiger charge is -2.30. The Hall–Kier alpha value is -1.61. The highest BCUT2D eigenvalue weighted by Crippen LogP contribution is 2.28. The molecule has 1 aliphatic heterocycles. The summed E-state index contributed by atoms with van der Waals surface area (Å²) in [5.41, 5.74) is 1.88. The highest BCUT2D eigenvalue weighted by atomic mass is 16.4. The van der Waals surface area contributed by atoms with Crippen molar-refractivity contribution < 1.29 is 9.90 Å². The molecular weight excluding hydrogens is 250 g/mol. The van der Waals surface area contributed by atoms with Crippen molar-refractivity contribution in [3.05, 3.63) is 47.5 Å². The van der Waals surface area contributed by atoms with Crippen LogP contribution in [-0.4, -0.2) is 29.1 Å². The molecule has 0 amide bonds. The molecule has 0 bridgehead atoms. The fraction of sp³-hybridized carbons (Fsp3) is 0.471. The minimum atomic E-state index is -0.724. The van der Waals surface area contributed by atoms with E-state index in [0.717, 1.165) is 26.1 Å². The molecule has 0 radical (unpaired) electrons. The molecule has 0 saturated heterocycles. The third-order valence-corrected chi connectivity index (χ3v) is 3.80. The van der Waals surface area contributed by atoms with E-state index >= 15 is 0 Å². The van der Waals surface area contributed by atoms with Gasteiger partial charge in [0, 0.05) is 19.6 Å². The molecule has 1 aliphatic rings. The van der Waals surface area contributed by atoms with Crippen LogP contribution in [0.15, 0.2) is 42.0 Å². The first-order valence-corrected chi connectivity index (χ1v) is 7.15. The summed E-state index contributed by atoms with van der Waals surface area (Å²) in [4.78, 5) is 13.6. The van der Waals surface area contributed by atoms with Crippen LogP contribution in [0.25, 0.3) is 0 Å². The fourth-order valence-corrected chi connectivity index (χ4v) is 2.63. The number of hydrogen-bond donors (Lipinski definition) is 1. The summed E-state index contributed by atoms with van der Waals surface area (Å²) in [5.74, 6) is -0.724. The first-order chi connectivity index (χ1) is 9.47. The number of carboxylic acids is 1. The zero-order valence-electron chi connectivity index (χ0n) is 12.3. The molecule has 2 rings (SSSR count). The summed E-state index contributed by atoms with van der Waals surface area (Å²) >= 11 is 0. The Kier molecular flexibility index (Phi) is 4.61. The van der Waals surface area contributed by atoms with E-state index < -0.39 is 11.4 Å². The number of rotatable bonds is 5. The van der Waals surface area contributed by atoms with E-state index in [9.17, 15) is 9.90 Å². The third kappa shape index (κ3) is 3.94. The molecule has 1 aromatic carbocycles. The molecule has 1 N–H and O–H groups in total. The van der Waals surface area contributed by atoms with Crippen LogP contribution in [0.1, 0.15) is 32.3 Å². The second-order valence-corrected chi connectivity index (χ2v) is 6.21. The smallest absolute Gasteiger partial charge is 0.309 e. The van der Waals surface area contributed by atoms with Gasteiger partial charge in [0.2, 0.25) is 0 Å². The summed E-state index contributed by atoms with van der Waals surface area (Å²) in [6, 6.07) is 10.4. The number of aliphatic carboxylic acids is 1. The molecule has 0 fully saturated rings. The monoisotopic (exact) mass is 273 g/mol. The Morgan fingerprint density at radius 1 is 1.30 bits per heavy atom. The van der Waals surface area contributed by atoms with Crippen molar-refractivity contribution in [3.8, 4) is 0 Å². The minimum Gasteiger partial charge on any atom is -0.481 e. The van der Waals surface area contributed by atoms with Gasteiger partial charge in [0.05, 0.1) is 5.41 Å². The van der Waals surface area contributed by atoms with E-state index in [4.69, 9.17) is 0 Å². The zero-order chi connectivity index (χ0) is 14.6. The van der Waals surface area contributed by atoms with Crippen LogP contribution in [0.4, 0.5) is 0 Å². The van der Waals surface area contributed by atoms with Crippen molar-refractivity contribution >= 4 is 5.97 Å². The first-order valence-electron chi connectivity index (χ1n) is 7.15. The third-order valence-electron chi connectivity index (χ3n) is 3.80. The molecule has 108 valence electrons. The molecule has 3 heteroatoms. The van der Waals surface area contributed by atoms with Crippen LogP contribution in [0.2, 0.25) is 0 Å². The van der Waals surface area contributed by atoms with Crippen molar-refractivity contribution in [2.75, 3.05) is 13.1 Å². The van der Waals surface area contributed by atoms with Gasteiger partial charge in [0.1, 0.15) is 0 Å². The molecule has 3 nitrogen and oxygen atoms in total. The Bertz CT molecular complexity index is 491. The maximum atomic E-state index is 11.2. The van der Waals surface area contributed by atoms with Crippen molar-refractivity contribution in [1.82, 2.24) is 4.90 Å². The number of benzene rings is 1. The van der Waals surface area contributed by atoms with Gasteiger partial charge in [-0.15, -0.1) is 0 Å². The molecule has 0 aromatic heterocycles. The van der Waals surface area contributed by atoms with E-state index in [1.807, 2.05) is 6.07 Å². The molecule has 0 atom stereocenters. The van der Waals surface area contributed by atoms with Gasteiger partial charge < -0.3 is 5.11 Å². The molecule has 0 saturated carbocycles. The van der Waals surface area contributed by atoms with Gasteiger partial charge >= 0.3 is 5.97 Å². The molecule has 0 spiro atoms. The second-order valence-electron chi connectivity index (χ2n) is 6.21. The number of hydrogen-bond acceptors (Lipinski definition) is 2. The van der Waals surface area contributed by atoms with Gasteiger partial charge in [-0.05, 0) is 32.3 Å². The number of nitrogens with zero attached hydrogens (tertiary/aromatic N) is 1. The predicted octanol–water partition coefficient (Wildman–Crippen LogP) is 3.32. The molecule has 0 unspecified atom stereocenters. The maximum Gasteiger partial charge on any atom is 0.309 e. The molecule has 1 aromatic rings.